The van der Waals surface area contributed by atoms with Crippen molar-refractivity contribution in [3.63, 3.8) is 0 Å². The average molecular weight is 347 g/mol. The van der Waals surface area contributed by atoms with Crippen molar-refractivity contribution in [2.75, 3.05) is 31.1 Å². The van der Waals surface area contributed by atoms with E-state index in [0.29, 0.717) is 13.1 Å². The number of hydrogen-bond acceptors (Lipinski definition) is 5. The number of benzene rings is 1. The lowest BCUT2D eigenvalue weighted by Gasteiger charge is -2.34. The fourth-order valence-electron chi connectivity index (χ4n) is 3.30. The highest BCUT2D eigenvalue weighted by Crippen LogP contribution is 2.29. The van der Waals surface area contributed by atoms with E-state index < -0.39 is 0 Å². The summed E-state index contributed by atoms with van der Waals surface area (Å²) in [6, 6.07) is 7.97. The van der Waals surface area contributed by atoms with Crippen LogP contribution in [0.15, 0.2) is 24.3 Å². The predicted molar refractivity (Wildman–Crippen MR) is 98.5 cm³/mol. The zero-order valence-electron chi connectivity index (χ0n) is 14.3. The standard InChI is InChI=1S/C18H25N3O2S/c1-3-21(18-19-15-8-4-5-9-16(15)24-18)17(23)12-20-10-6-7-14(11-20)13(2)22/h4-5,8-9,13-14,22H,3,6-7,10-12H2,1-2H3. The van der Waals surface area contributed by atoms with Crippen molar-refractivity contribution < 1.29 is 9.90 Å². The molecule has 1 N–H and O–H groups in total. The number of aliphatic hydroxyl groups is 1. The van der Waals surface area contributed by atoms with Crippen LogP contribution in [0, 0.1) is 5.92 Å². The molecule has 0 radical (unpaired) electrons. The molecule has 0 spiro atoms. The van der Waals surface area contributed by atoms with E-state index in [1.165, 1.54) is 0 Å². The highest BCUT2D eigenvalue weighted by atomic mass is 32.1. The van der Waals surface area contributed by atoms with Crippen LogP contribution in [-0.2, 0) is 4.79 Å². The van der Waals surface area contributed by atoms with E-state index >= 15 is 0 Å². The molecule has 2 unspecified atom stereocenters. The smallest absolute Gasteiger partial charge is 0.242 e. The minimum absolute atomic E-state index is 0.0859. The molecule has 130 valence electrons. The fourth-order valence-corrected chi connectivity index (χ4v) is 4.35. The topological polar surface area (TPSA) is 56.7 Å². The Balaban J connectivity index is 1.70. The molecule has 1 aliphatic heterocycles. The minimum atomic E-state index is -0.311. The molecule has 2 atom stereocenters. The summed E-state index contributed by atoms with van der Waals surface area (Å²) in [5.41, 5.74) is 0.941. The third-order valence-corrected chi connectivity index (χ3v) is 5.77. The fraction of sp³-hybridized carbons (Fsp3) is 0.556. The van der Waals surface area contributed by atoms with Crippen molar-refractivity contribution in [2.45, 2.75) is 32.8 Å². The molecule has 0 aliphatic carbocycles. The van der Waals surface area contributed by atoms with Gasteiger partial charge in [-0.1, -0.05) is 23.5 Å². The number of likely N-dealkylation sites (tertiary alicyclic amines) is 1. The molecule has 1 amide bonds. The Morgan fingerprint density at radius 1 is 1.50 bits per heavy atom. The largest absolute Gasteiger partial charge is 0.393 e. The number of para-hydroxylation sites is 1. The van der Waals surface area contributed by atoms with Crippen LogP contribution in [0.3, 0.4) is 0 Å². The van der Waals surface area contributed by atoms with E-state index in [4.69, 9.17) is 0 Å². The van der Waals surface area contributed by atoms with Gasteiger partial charge in [-0.2, -0.15) is 0 Å². The Kier molecular flexibility index (Phi) is 5.48. The number of piperidine rings is 1. The van der Waals surface area contributed by atoms with Gasteiger partial charge in [0.15, 0.2) is 5.13 Å². The van der Waals surface area contributed by atoms with Crippen LogP contribution in [0.5, 0.6) is 0 Å². The number of aliphatic hydroxyl groups excluding tert-OH is 1. The summed E-state index contributed by atoms with van der Waals surface area (Å²) in [6.07, 6.45) is 1.77. The summed E-state index contributed by atoms with van der Waals surface area (Å²) in [5.74, 6) is 0.354. The second-order valence-corrected chi connectivity index (χ2v) is 7.49. The number of nitrogens with zero attached hydrogens (tertiary/aromatic N) is 3. The Morgan fingerprint density at radius 3 is 3.00 bits per heavy atom. The Hall–Kier alpha value is -1.50. The van der Waals surface area contributed by atoms with E-state index in [-0.39, 0.29) is 17.9 Å². The van der Waals surface area contributed by atoms with E-state index in [0.717, 1.165) is 41.3 Å². The number of thiazole rings is 1. The molecule has 2 heterocycles. The first-order chi connectivity index (χ1) is 11.6. The summed E-state index contributed by atoms with van der Waals surface area (Å²) in [7, 11) is 0. The number of hydrogen-bond donors (Lipinski definition) is 1. The number of aromatic nitrogens is 1. The zero-order chi connectivity index (χ0) is 17.1. The van der Waals surface area contributed by atoms with E-state index in [1.54, 1.807) is 16.2 Å². The molecule has 1 saturated heterocycles. The lowest BCUT2D eigenvalue weighted by molar-refractivity contribution is -0.120. The first kappa shape index (κ1) is 17.3. The molecule has 0 bridgehead atoms. The van der Waals surface area contributed by atoms with Crippen LogP contribution in [0.25, 0.3) is 10.2 Å². The van der Waals surface area contributed by atoms with Gasteiger partial charge in [0.2, 0.25) is 5.91 Å². The second-order valence-electron chi connectivity index (χ2n) is 6.48. The van der Waals surface area contributed by atoms with E-state index in [1.807, 2.05) is 38.1 Å². The van der Waals surface area contributed by atoms with Crippen molar-refractivity contribution in [1.29, 1.82) is 0 Å². The normalized spacial score (nSPS) is 20.2. The summed E-state index contributed by atoms with van der Waals surface area (Å²) >= 11 is 1.56. The van der Waals surface area contributed by atoms with Gasteiger partial charge < -0.3 is 5.11 Å². The number of amides is 1. The van der Waals surface area contributed by atoms with Gasteiger partial charge in [-0.25, -0.2) is 4.98 Å². The molecule has 6 heteroatoms. The summed E-state index contributed by atoms with van der Waals surface area (Å²) in [6.45, 7) is 6.56. The monoisotopic (exact) mass is 347 g/mol. The summed E-state index contributed by atoms with van der Waals surface area (Å²) in [4.78, 5) is 21.3. The van der Waals surface area contributed by atoms with Crippen LogP contribution >= 0.6 is 11.3 Å². The maximum absolute atomic E-state index is 12.8. The molecule has 1 aliphatic rings. The molecule has 0 saturated carbocycles. The van der Waals surface area contributed by atoms with Gasteiger partial charge in [-0.05, 0) is 51.3 Å². The number of carbonyl (C=O) groups excluding carboxylic acids is 1. The molecule has 1 aromatic carbocycles. The zero-order valence-corrected chi connectivity index (χ0v) is 15.1. The van der Waals surface area contributed by atoms with Gasteiger partial charge in [0.05, 0.1) is 22.9 Å². The highest BCUT2D eigenvalue weighted by molar-refractivity contribution is 7.22. The molecule has 1 fully saturated rings. The van der Waals surface area contributed by atoms with E-state index in [2.05, 4.69) is 9.88 Å². The molecular weight excluding hydrogens is 322 g/mol. The number of carbonyl (C=O) groups is 1. The molecule has 2 aromatic rings. The van der Waals surface area contributed by atoms with Crippen LogP contribution in [0.4, 0.5) is 5.13 Å². The van der Waals surface area contributed by atoms with Crippen molar-refractivity contribution >= 4 is 32.6 Å². The summed E-state index contributed by atoms with van der Waals surface area (Å²) < 4.78 is 1.10. The van der Waals surface area contributed by atoms with Crippen LogP contribution in [-0.4, -0.2) is 53.2 Å². The van der Waals surface area contributed by atoms with Crippen molar-refractivity contribution in [2.24, 2.45) is 5.92 Å². The molecule has 1 aromatic heterocycles. The van der Waals surface area contributed by atoms with Gasteiger partial charge in [-0.3, -0.25) is 14.6 Å². The van der Waals surface area contributed by atoms with Gasteiger partial charge in [0.1, 0.15) is 0 Å². The van der Waals surface area contributed by atoms with E-state index in [9.17, 15) is 9.90 Å². The minimum Gasteiger partial charge on any atom is -0.393 e. The molecule has 24 heavy (non-hydrogen) atoms. The number of anilines is 1. The second kappa shape index (κ2) is 7.59. The Bertz CT molecular complexity index is 667. The number of fused-ring (bicyclic) bond motifs is 1. The van der Waals surface area contributed by atoms with Gasteiger partial charge in [0.25, 0.3) is 0 Å². The SMILES string of the molecule is CCN(C(=O)CN1CCCC(C(C)O)C1)c1nc2ccccc2s1. The van der Waals surface area contributed by atoms with Crippen molar-refractivity contribution in [3.05, 3.63) is 24.3 Å². The molecule has 3 rings (SSSR count). The number of likely N-dealkylation sites (N-methyl/N-ethyl adjacent to an activating group) is 1. The van der Waals surface area contributed by atoms with Crippen molar-refractivity contribution in [1.82, 2.24) is 9.88 Å². The highest BCUT2D eigenvalue weighted by Gasteiger charge is 2.27. The Labute approximate surface area is 146 Å². The quantitative estimate of drug-likeness (QED) is 0.903. The first-order valence-electron chi connectivity index (χ1n) is 8.65. The van der Waals surface area contributed by atoms with Crippen molar-refractivity contribution in [3.8, 4) is 0 Å². The maximum Gasteiger partial charge on any atom is 0.242 e. The van der Waals surface area contributed by atoms with Gasteiger partial charge >= 0.3 is 0 Å². The van der Waals surface area contributed by atoms with Gasteiger partial charge in [-0.15, -0.1) is 0 Å². The first-order valence-corrected chi connectivity index (χ1v) is 9.46. The number of rotatable bonds is 5. The average Bonchev–Trinajstić information content (AvgIpc) is 2.99. The van der Waals surface area contributed by atoms with Crippen LogP contribution < -0.4 is 4.90 Å². The summed E-state index contributed by atoms with van der Waals surface area (Å²) in [5, 5.41) is 10.6. The van der Waals surface area contributed by atoms with Gasteiger partial charge in [0, 0.05) is 13.1 Å². The maximum atomic E-state index is 12.8. The lowest BCUT2D eigenvalue weighted by atomic mass is 9.93. The lowest BCUT2D eigenvalue weighted by Crippen LogP contribution is -2.46. The third kappa shape index (κ3) is 3.77. The van der Waals surface area contributed by atoms with Crippen LogP contribution in [0.2, 0.25) is 0 Å². The predicted octanol–water partition coefficient (Wildman–Crippen LogP) is 2.74. The molecular formula is C18H25N3O2S. The molecule has 5 nitrogen and oxygen atoms in total. The Morgan fingerprint density at radius 2 is 2.29 bits per heavy atom. The third-order valence-electron chi connectivity index (χ3n) is 4.71. The van der Waals surface area contributed by atoms with Crippen LogP contribution in [0.1, 0.15) is 26.7 Å².